The molecular formula is C88H125N21O37S2. The molecule has 0 aliphatic carbocycles. The van der Waals surface area contributed by atoms with Gasteiger partial charge in [-0.2, -0.15) is 15.0 Å². The molecule has 0 spiro atoms. The fourth-order valence-corrected chi connectivity index (χ4v) is 15.8. The van der Waals surface area contributed by atoms with Crippen molar-refractivity contribution in [1.29, 1.82) is 0 Å². The average Bonchev–Trinajstić information content (AvgIpc) is 0.811. The van der Waals surface area contributed by atoms with Crippen LogP contribution in [0, 0.1) is 17.8 Å². The summed E-state index contributed by atoms with van der Waals surface area (Å²) in [6, 6.07) is 4.36. The molecule has 58 nitrogen and oxygen atoms in total. The summed E-state index contributed by atoms with van der Waals surface area (Å²) in [6.45, 7) is -1.72. The van der Waals surface area contributed by atoms with E-state index in [2.05, 4.69) is 93.0 Å². The number of anilines is 5. The number of aromatic nitrogens is 8. The van der Waals surface area contributed by atoms with Gasteiger partial charge in [0.05, 0.1) is 87.1 Å². The third-order valence-electron chi connectivity index (χ3n) is 22.5. The molecule has 6 rings (SSSR count). The fraction of sp³-hybridized carbons (Fsp3) is 0.545. The standard InChI is InChI=1S/C55H79N11O25.C33H46N10O12S2/c1-2-34(70)31(11-15-42(78)79)62-52(88)27(6-14-41(77)59-22-37(73)46(83)48(85)39(75)24-68)18-35(71)32(12-16-43(80)81)63-51(87)26(5-13-40(76)58-21-36(72)45(82)47(84)38(74)23-67)17-30(69)9-10-33(54(90)91)64-50(86)25-3-7-28(8-4-25)57-19-29-20-60-49-44(61-29)53(89)66-55(56)65-49;1-15(2-7-23(47)37-12-21(45)25(48)26(49)22(46)13-44)29(50)41-20(32(54)55)14-57-56-9-8-19(31(52)53)40-30(51)16-3-5-17(6-4-16)36-10-18-11-38-28-24(39-18)27(34)42-33(35)43-28/h3-4,7-8,20,26-27,31-33,36-39,45-48,57,67-68,72-75,82-85H,2,5-6,9-19,21-24H2,1H3,(H,58,76)(H,59,77)(H,62,88)(H,63,87)(H,64,86)(H,78,79)(H,80,81)(H,90,91)(H3,56,60,65,66,89);3-6,11,15,19-22,25-26,36,44-46,48-49H,2,7-10,12-14H2,1H3,(H,37,47)(H,40,51)(H,41,50)(H,52,53)(H,54,55)(H4,34,35,38,42,43)/t26-,27-,31+,32+,33+,36+,37+,38-,39-,45-,46-,47-,48-;15-,19-,20-,21-,22+,25+,26+/m10/s1. The number of rotatable bonds is 68. The number of H-pyrrole nitrogens is 1. The maximum absolute atomic E-state index is 14.3. The van der Waals surface area contributed by atoms with Gasteiger partial charge in [-0.05, 0) is 93.5 Å². The van der Waals surface area contributed by atoms with Gasteiger partial charge in [0, 0.05) is 129 Å². The van der Waals surface area contributed by atoms with E-state index in [0.29, 0.717) is 28.3 Å². The third kappa shape index (κ3) is 42.6. The minimum absolute atomic E-state index is 0.00497. The molecule has 37 N–H and O–H groups in total. The van der Waals surface area contributed by atoms with E-state index in [4.69, 9.17) is 32.5 Å². The molecule has 60 heteroatoms. The Bertz CT molecular complexity index is 5540. The van der Waals surface area contributed by atoms with Crippen molar-refractivity contribution < 1.29 is 179 Å². The summed E-state index contributed by atoms with van der Waals surface area (Å²) in [5.41, 5.74) is 19.0. The van der Waals surface area contributed by atoms with Crippen LogP contribution in [-0.4, -0.2) is 391 Å². The highest BCUT2D eigenvalue weighted by Gasteiger charge is 2.38. The van der Waals surface area contributed by atoms with Crippen LogP contribution in [0.15, 0.2) is 65.7 Å². The van der Waals surface area contributed by atoms with E-state index >= 15 is 0 Å². The Kier molecular flexibility index (Phi) is 53.2. The lowest BCUT2D eigenvalue weighted by molar-refractivity contribution is -0.142. The maximum Gasteiger partial charge on any atom is 0.327 e. The minimum Gasteiger partial charge on any atom is -0.481 e. The number of carboxylic acids is 5. The zero-order chi connectivity index (χ0) is 110. The number of carbonyl (C=O) groups excluding carboxylic acids is 11. The number of carbonyl (C=O) groups is 16. The summed E-state index contributed by atoms with van der Waals surface area (Å²) >= 11 is 0. The van der Waals surface area contributed by atoms with Crippen molar-refractivity contribution in [3.05, 3.63) is 93.8 Å². The number of fused-ring (bicyclic) bond motifs is 2. The molecule has 148 heavy (non-hydrogen) atoms. The number of ketones is 3. The molecule has 2 aromatic carbocycles. The number of nitrogens with zero attached hydrogens (tertiary/aromatic N) is 7. The third-order valence-corrected chi connectivity index (χ3v) is 24.9. The number of hydrogen-bond acceptors (Lipinski definition) is 46. The van der Waals surface area contributed by atoms with Crippen molar-refractivity contribution in [1.82, 2.24) is 82.4 Å². The molecule has 816 valence electrons. The van der Waals surface area contributed by atoms with Gasteiger partial charge in [-0.15, -0.1) is 0 Å². The predicted molar refractivity (Wildman–Crippen MR) is 518 cm³/mol. The molecular weight excluding hydrogens is 2010 g/mol. The monoisotopic (exact) mass is 2130 g/mol. The molecule has 0 aliphatic heterocycles. The highest BCUT2D eigenvalue weighted by molar-refractivity contribution is 8.76. The molecule has 0 fully saturated rings. The summed E-state index contributed by atoms with van der Waals surface area (Å²) in [4.78, 5) is 249. The van der Waals surface area contributed by atoms with E-state index in [1.54, 1.807) is 12.1 Å². The number of nitrogens with two attached hydrogens (primary N) is 3. The van der Waals surface area contributed by atoms with Crippen molar-refractivity contribution in [2.45, 2.75) is 233 Å². The summed E-state index contributed by atoms with van der Waals surface area (Å²) in [7, 11) is 2.24. The Labute approximate surface area is 848 Å². The first kappa shape index (κ1) is 125. The first-order valence-corrected chi connectivity index (χ1v) is 48.4. The summed E-state index contributed by atoms with van der Waals surface area (Å²) in [6.07, 6.45) is -28.6. The number of aliphatic hydroxyl groups is 15. The molecule has 20 atom stereocenters. The first-order chi connectivity index (χ1) is 69.9. The van der Waals surface area contributed by atoms with Gasteiger partial charge in [-0.1, -0.05) is 35.4 Å². The van der Waals surface area contributed by atoms with E-state index in [1.165, 1.54) is 62.6 Å². The van der Waals surface area contributed by atoms with Crippen molar-refractivity contribution in [3.63, 3.8) is 0 Å². The molecule has 4 aromatic heterocycles. The van der Waals surface area contributed by atoms with Crippen LogP contribution in [0.2, 0.25) is 0 Å². The van der Waals surface area contributed by atoms with Gasteiger partial charge in [-0.3, -0.25) is 72.1 Å². The molecule has 0 bridgehead atoms. The lowest BCUT2D eigenvalue weighted by Crippen LogP contribution is -2.49. The molecule has 0 radical (unpaired) electrons. The molecule has 6 aromatic rings. The number of Topliss-reactive ketones (excluding diaryl/α,β-unsaturated/α-hetero) is 3. The van der Waals surface area contributed by atoms with Crippen LogP contribution in [0.4, 0.5) is 29.1 Å². The largest absolute Gasteiger partial charge is 0.481 e. The van der Waals surface area contributed by atoms with Crippen molar-refractivity contribution in [3.8, 4) is 0 Å². The van der Waals surface area contributed by atoms with Gasteiger partial charge in [0.2, 0.25) is 47.3 Å². The predicted octanol–water partition coefficient (Wildman–Crippen LogP) is -8.95. The first-order valence-electron chi connectivity index (χ1n) is 45.9. The van der Waals surface area contributed by atoms with Crippen LogP contribution < -0.4 is 75.9 Å². The van der Waals surface area contributed by atoms with Crippen LogP contribution in [0.25, 0.3) is 22.3 Å². The average molecular weight is 2130 g/mol. The lowest BCUT2D eigenvalue weighted by Gasteiger charge is -2.26. The van der Waals surface area contributed by atoms with Gasteiger partial charge in [-0.25, -0.2) is 34.3 Å². The highest BCUT2D eigenvalue weighted by atomic mass is 33.1. The maximum atomic E-state index is 14.3. The van der Waals surface area contributed by atoms with Crippen LogP contribution in [0.3, 0.4) is 0 Å². The van der Waals surface area contributed by atoms with Crippen LogP contribution >= 0.6 is 21.6 Å². The van der Waals surface area contributed by atoms with Gasteiger partial charge in [0.1, 0.15) is 78.8 Å². The van der Waals surface area contributed by atoms with E-state index in [1.807, 2.05) is 0 Å². The zero-order valence-corrected chi connectivity index (χ0v) is 81.4. The smallest absolute Gasteiger partial charge is 0.327 e. The Balaban J connectivity index is 0.000000578. The number of carboxylic acid groups (broad SMARTS) is 5. The van der Waals surface area contributed by atoms with E-state index in [0.717, 1.165) is 21.6 Å². The highest BCUT2D eigenvalue weighted by Crippen LogP contribution is 2.27. The van der Waals surface area contributed by atoms with Crippen molar-refractivity contribution >= 4 is 167 Å². The van der Waals surface area contributed by atoms with Crippen molar-refractivity contribution in [2.24, 2.45) is 17.8 Å². The van der Waals surface area contributed by atoms with Gasteiger partial charge < -0.3 is 172 Å². The Morgan fingerprint density at radius 3 is 1.21 bits per heavy atom. The van der Waals surface area contributed by atoms with Gasteiger partial charge >= 0.3 is 29.8 Å². The molecule has 0 saturated heterocycles. The number of nitrogens with one attached hydrogen (secondary N) is 11. The number of aromatic amines is 1. The topological polar surface area (TPSA) is 999 Å². The number of amides is 8. The van der Waals surface area contributed by atoms with Gasteiger partial charge in [0.15, 0.2) is 39.7 Å². The quantitative estimate of drug-likeness (QED) is 0.0125. The second-order valence-corrected chi connectivity index (χ2v) is 36.5. The van der Waals surface area contributed by atoms with Gasteiger partial charge in [0.25, 0.3) is 17.4 Å². The van der Waals surface area contributed by atoms with Crippen LogP contribution in [-0.2, 0) is 80.2 Å². The van der Waals surface area contributed by atoms with Crippen molar-refractivity contribution in [2.75, 3.05) is 78.8 Å². The SMILES string of the molecule is CCC(=O)[C@H](CCC(=O)O)NC(=O)[C@H](CCC(=O)NC[C@H](O)[C@@H](O)[C@H](O)[C@H](O)CO)CC(=O)[C@H](CCC(=O)O)NC(=O)[C@H](CCC(=O)NC[C@H](O)[C@@H](O)[C@H](O)[C@H](O)CO)CC(=O)CC[C@H](NC(=O)c1ccc(NCc2cnc3nc(N)[nH]c(=O)c3n2)cc1)C(=O)O.C[C@@H](CCC(=O)NC[C@H](O)[C@@H](O)[C@H](O)[C@H](O)CO)C(=O)N[C@@H](CSSCC[C@H](NC(=O)c1ccc(NCc2cnc3nc(N)nc(N)c3n2)cc1)C(=O)O)C(=O)O. The molecule has 4 heterocycles. The van der Waals surface area contributed by atoms with E-state index < -0.39 is 338 Å². The van der Waals surface area contributed by atoms with Crippen LogP contribution in [0.1, 0.15) is 149 Å². The second kappa shape index (κ2) is 63.1. The molecule has 0 aliphatic rings. The summed E-state index contributed by atoms with van der Waals surface area (Å²) < 4.78 is 0. The summed E-state index contributed by atoms with van der Waals surface area (Å²) in [5, 5.41) is 219. The van der Waals surface area contributed by atoms with E-state index in [9.17, 15) is 168 Å². The minimum atomic E-state index is -2.10. The summed E-state index contributed by atoms with van der Waals surface area (Å²) in [5.74, 6) is -20.5. The molecule has 8 amide bonds. The number of hydrogen-bond donors (Lipinski definition) is 34. The number of aliphatic carboxylic acids is 5. The second-order valence-electron chi connectivity index (χ2n) is 33.8. The zero-order valence-electron chi connectivity index (χ0n) is 79.8. The number of aliphatic hydroxyl groups excluding tert-OH is 15. The Morgan fingerprint density at radius 2 is 0.791 bits per heavy atom. The normalized spacial score (nSPS) is 15.4. The lowest BCUT2D eigenvalue weighted by atomic mass is 9.89. The van der Waals surface area contributed by atoms with Crippen LogP contribution in [0.5, 0.6) is 0 Å². The number of nitrogen functional groups attached to an aromatic ring is 3. The fourth-order valence-electron chi connectivity index (χ4n) is 13.6. The molecule has 0 saturated carbocycles. The molecule has 0 unspecified atom stereocenters. The Hall–Kier alpha value is -13.7. The number of benzene rings is 2. The van der Waals surface area contributed by atoms with E-state index in [-0.39, 0.29) is 95.9 Å². The Morgan fingerprint density at radius 1 is 0.405 bits per heavy atom.